The number of fused-ring (bicyclic) bond motifs is 4. The zero-order valence-corrected chi connectivity index (χ0v) is 19.8. The van der Waals surface area contributed by atoms with Crippen molar-refractivity contribution in [1.82, 2.24) is 0 Å². The second-order valence-corrected chi connectivity index (χ2v) is 10.7. The lowest BCUT2D eigenvalue weighted by atomic mass is 9.70. The fourth-order valence-electron chi connectivity index (χ4n) is 6.78. The zero-order chi connectivity index (χ0) is 23.1. The van der Waals surface area contributed by atoms with Crippen LogP contribution in [0.5, 0.6) is 0 Å². The van der Waals surface area contributed by atoms with Crippen molar-refractivity contribution in [2.45, 2.75) is 83.6 Å². The Balaban J connectivity index is 1.70. The summed E-state index contributed by atoms with van der Waals surface area (Å²) < 4.78 is 13.1. The molecular weight excluding hydrogens is 402 g/mol. The summed E-state index contributed by atoms with van der Waals surface area (Å²) in [6.07, 6.45) is 4.71. The van der Waals surface area contributed by atoms with E-state index in [1.54, 1.807) is 6.08 Å². The molecule has 32 heavy (non-hydrogen) atoms. The molecule has 7 unspecified atom stereocenters. The van der Waals surface area contributed by atoms with Gasteiger partial charge < -0.3 is 9.47 Å². The van der Waals surface area contributed by atoms with Crippen molar-refractivity contribution in [2.24, 2.45) is 28.8 Å². The van der Waals surface area contributed by atoms with E-state index >= 15 is 0 Å². The van der Waals surface area contributed by atoms with Gasteiger partial charge in [0.2, 0.25) is 0 Å². The predicted molar refractivity (Wildman–Crippen MR) is 125 cm³/mol. The number of azide groups is 1. The molecule has 2 heterocycles. The molecule has 4 rings (SSSR count). The van der Waals surface area contributed by atoms with Gasteiger partial charge in [0.25, 0.3) is 0 Å². The molecule has 2 saturated heterocycles. The van der Waals surface area contributed by atoms with Crippen LogP contribution in [0.25, 0.3) is 16.0 Å². The van der Waals surface area contributed by atoms with Gasteiger partial charge in [-0.1, -0.05) is 56.2 Å². The van der Waals surface area contributed by atoms with Crippen molar-refractivity contribution in [3.8, 4) is 0 Å². The minimum absolute atomic E-state index is 0.209. The summed E-state index contributed by atoms with van der Waals surface area (Å²) in [5.41, 5.74) is 10.0. The second-order valence-electron chi connectivity index (χ2n) is 10.7. The molecule has 6 nitrogen and oxygen atoms in total. The number of rotatable bonds is 6. The summed E-state index contributed by atoms with van der Waals surface area (Å²) in [5.74, 6) is 0.891. The first kappa shape index (κ1) is 22.9. The van der Waals surface area contributed by atoms with E-state index in [4.69, 9.17) is 9.47 Å². The molecule has 0 radical (unpaired) electrons. The van der Waals surface area contributed by atoms with Crippen molar-refractivity contribution in [2.75, 3.05) is 0 Å². The van der Waals surface area contributed by atoms with Crippen LogP contribution in [0.15, 0.2) is 41.5 Å². The van der Waals surface area contributed by atoms with E-state index in [1.165, 1.54) is 0 Å². The predicted octanol–water partition coefficient (Wildman–Crippen LogP) is 6.32. The van der Waals surface area contributed by atoms with Gasteiger partial charge in [0, 0.05) is 16.9 Å². The molecular formula is C26H35N3O3. The van der Waals surface area contributed by atoms with Crippen molar-refractivity contribution in [1.29, 1.82) is 0 Å². The highest BCUT2D eigenvalue weighted by molar-refractivity contribution is 5.91. The van der Waals surface area contributed by atoms with E-state index in [0.29, 0.717) is 18.3 Å². The van der Waals surface area contributed by atoms with E-state index in [9.17, 15) is 10.3 Å². The van der Waals surface area contributed by atoms with Gasteiger partial charge in [-0.05, 0) is 74.0 Å². The average molecular weight is 438 g/mol. The molecule has 6 heteroatoms. The molecule has 1 aromatic rings. The number of allylic oxidation sites excluding steroid dienone is 1. The molecule has 3 aliphatic rings. The zero-order valence-electron chi connectivity index (χ0n) is 19.8. The molecule has 2 aliphatic heterocycles. The van der Waals surface area contributed by atoms with Gasteiger partial charge in [0.15, 0.2) is 0 Å². The van der Waals surface area contributed by atoms with Crippen molar-refractivity contribution in [3.05, 3.63) is 52.4 Å². The number of carbonyl (C=O) groups excluding carboxylic acids is 1. The van der Waals surface area contributed by atoms with E-state index in [1.807, 2.05) is 37.3 Å². The highest BCUT2D eigenvalue weighted by Crippen LogP contribution is 2.62. The number of nitrogens with zero attached hydrogens (tertiary/aromatic N) is 3. The molecule has 2 bridgehead atoms. The number of carbonyl (C=O) groups is 1. The van der Waals surface area contributed by atoms with Gasteiger partial charge in [0.05, 0.1) is 11.6 Å². The topological polar surface area (TPSA) is 84.3 Å². The average Bonchev–Trinajstić information content (AvgIpc) is 3.24. The van der Waals surface area contributed by atoms with Crippen LogP contribution in [0.1, 0.15) is 65.9 Å². The van der Waals surface area contributed by atoms with Crippen LogP contribution in [0.3, 0.4) is 0 Å². The fraction of sp³-hybridized carbons (Fsp3) is 0.654. The first-order valence-corrected chi connectivity index (χ1v) is 11.9. The standard InChI is InChI=1S/C26H35N3O3/c1-16(2)14-26-15-21(28-29-27)25(5,32-26)20-12-11-17(3)23(20)24(26)31-22(30)13-18(4)19-9-7-6-8-10-19/h6-10,13,16-17,20-21,23-24H,11-12,14-15H2,1-5H3/b18-13+. The largest absolute Gasteiger partial charge is 0.456 e. The van der Waals surface area contributed by atoms with Crippen LogP contribution >= 0.6 is 0 Å². The molecule has 3 fully saturated rings. The Labute approximate surface area is 191 Å². The summed E-state index contributed by atoms with van der Waals surface area (Å²) in [7, 11) is 0. The van der Waals surface area contributed by atoms with Gasteiger partial charge in [0.1, 0.15) is 11.7 Å². The SMILES string of the molecule is C/C(=C\C(=O)OC1C2C(C)CCC2C2(C)OC1(CC(C)C)CC2N=[N+]=[N-])c1ccccc1. The molecule has 0 aromatic heterocycles. The Morgan fingerprint density at radius 1 is 1.34 bits per heavy atom. The third-order valence-corrected chi connectivity index (χ3v) is 8.03. The lowest BCUT2D eigenvalue weighted by Crippen LogP contribution is -2.60. The molecule has 1 saturated carbocycles. The lowest BCUT2D eigenvalue weighted by molar-refractivity contribution is -0.249. The van der Waals surface area contributed by atoms with Crippen molar-refractivity contribution >= 4 is 11.5 Å². The van der Waals surface area contributed by atoms with Gasteiger partial charge in [-0.15, -0.1) is 0 Å². The summed E-state index contributed by atoms with van der Waals surface area (Å²) in [6.45, 7) is 10.6. The van der Waals surface area contributed by atoms with Crippen LogP contribution in [0.2, 0.25) is 0 Å². The first-order valence-electron chi connectivity index (χ1n) is 11.9. The third kappa shape index (κ3) is 3.84. The molecule has 1 aliphatic carbocycles. The quantitative estimate of drug-likeness (QED) is 0.172. The summed E-state index contributed by atoms with van der Waals surface area (Å²) in [6, 6.07) is 9.63. The van der Waals surface area contributed by atoms with E-state index in [-0.39, 0.29) is 30.0 Å². The summed E-state index contributed by atoms with van der Waals surface area (Å²) in [4.78, 5) is 16.3. The minimum atomic E-state index is -0.619. The normalized spacial score (nSPS) is 38.3. The fourth-order valence-corrected chi connectivity index (χ4v) is 6.78. The number of hydrogen-bond acceptors (Lipinski definition) is 4. The van der Waals surface area contributed by atoms with E-state index in [2.05, 4.69) is 37.7 Å². The Hall–Kier alpha value is -2.30. The Morgan fingerprint density at radius 2 is 2.06 bits per heavy atom. The maximum atomic E-state index is 13.1. The molecule has 1 aromatic carbocycles. The van der Waals surface area contributed by atoms with Crippen LogP contribution in [-0.2, 0) is 14.3 Å². The van der Waals surface area contributed by atoms with Crippen LogP contribution < -0.4 is 0 Å². The van der Waals surface area contributed by atoms with Crippen LogP contribution in [0.4, 0.5) is 0 Å². The van der Waals surface area contributed by atoms with Crippen molar-refractivity contribution < 1.29 is 14.3 Å². The summed E-state index contributed by atoms with van der Waals surface area (Å²) in [5, 5.41) is 4.18. The van der Waals surface area contributed by atoms with Gasteiger partial charge in [-0.3, -0.25) is 0 Å². The molecule has 7 atom stereocenters. The Bertz CT molecular complexity index is 939. The second kappa shape index (κ2) is 8.57. The number of benzene rings is 1. The third-order valence-electron chi connectivity index (χ3n) is 8.03. The van der Waals surface area contributed by atoms with Gasteiger partial charge in [-0.25, -0.2) is 4.79 Å². The number of esters is 1. The lowest BCUT2D eigenvalue weighted by Gasteiger charge is -2.52. The molecule has 0 amide bonds. The smallest absolute Gasteiger partial charge is 0.331 e. The van der Waals surface area contributed by atoms with Gasteiger partial charge >= 0.3 is 5.97 Å². The maximum absolute atomic E-state index is 13.1. The highest BCUT2D eigenvalue weighted by atomic mass is 16.6. The Kier molecular flexibility index (Phi) is 6.12. The summed E-state index contributed by atoms with van der Waals surface area (Å²) >= 11 is 0. The van der Waals surface area contributed by atoms with Crippen LogP contribution in [-0.4, -0.2) is 29.3 Å². The number of hydrogen-bond donors (Lipinski definition) is 0. The van der Waals surface area contributed by atoms with E-state index in [0.717, 1.165) is 30.4 Å². The molecule has 0 N–H and O–H groups in total. The number of ether oxygens (including phenoxy) is 2. The molecule has 172 valence electrons. The maximum Gasteiger partial charge on any atom is 0.331 e. The highest BCUT2D eigenvalue weighted by Gasteiger charge is 2.70. The Morgan fingerprint density at radius 3 is 2.72 bits per heavy atom. The first-order chi connectivity index (χ1) is 15.2. The monoisotopic (exact) mass is 437 g/mol. The van der Waals surface area contributed by atoms with Crippen LogP contribution in [0, 0.1) is 23.7 Å². The minimum Gasteiger partial charge on any atom is -0.456 e. The van der Waals surface area contributed by atoms with E-state index < -0.39 is 11.2 Å². The van der Waals surface area contributed by atoms with Gasteiger partial charge in [-0.2, -0.15) is 0 Å². The van der Waals surface area contributed by atoms with Crippen molar-refractivity contribution in [3.63, 3.8) is 0 Å². The molecule has 0 spiro atoms.